The Morgan fingerprint density at radius 2 is 2.15 bits per heavy atom. The zero-order chi connectivity index (χ0) is 9.84. The van der Waals surface area contributed by atoms with Crippen LogP contribution in [0.2, 0.25) is 0 Å². The first-order chi connectivity index (χ1) is 6.11. The van der Waals surface area contributed by atoms with Crippen LogP contribution in [0.4, 0.5) is 0 Å². The third kappa shape index (κ3) is 3.11. The molecular formula is C11H21NO. The van der Waals surface area contributed by atoms with Crippen LogP contribution in [0.5, 0.6) is 0 Å². The van der Waals surface area contributed by atoms with Gasteiger partial charge in [0.1, 0.15) is 5.78 Å². The van der Waals surface area contributed by atoms with Gasteiger partial charge in [0.15, 0.2) is 0 Å². The van der Waals surface area contributed by atoms with Crippen LogP contribution >= 0.6 is 0 Å². The molecule has 1 saturated carbocycles. The molecule has 2 heteroatoms. The lowest BCUT2D eigenvalue weighted by Gasteiger charge is -2.30. The summed E-state index contributed by atoms with van der Waals surface area (Å²) in [5.41, 5.74) is 0. The van der Waals surface area contributed by atoms with Crippen molar-refractivity contribution >= 4 is 5.78 Å². The van der Waals surface area contributed by atoms with Crippen LogP contribution in [0.1, 0.15) is 39.5 Å². The summed E-state index contributed by atoms with van der Waals surface area (Å²) in [5.74, 6) is 1.11. The van der Waals surface area contributed by atoms with Crippen molar-refractivity contribution in [3.8, 4) is 0 Å². The molecule has 0 aliphatic heterocycles. The summed E-state index contributed by atoms with van der Waals surface area (Å²) in [6.07, 6.45) is 4.19. The fraction of sp³-hybridized carbons (Fsp3) is 0.909. The fourth-order valence-electron chi connectivity index (χ4n) is 2.13. The maximum Gasteiger partial charge on any atom is 0.149 e. The lowest BCUT2D eigenvalue weighted by Crippen LogP contribution is -2.42. The molecule has 0 N–H and O–H groups in total. The van der Waals surface area contributed by atoms with Crippen LogP contribution in [0.3, 0.4) is 0 Å². The minimum atomic E-state index is 0.219. The molecule has 0 aromatic heterocycles. The first-order valence-corrected chi connectivity index (χ1v) is 5.34. The van der Waals surface area contributed by atoms with E-state index in [9.17, 15) is 4.79 Å². The number of rotatable bonds is 3. The smallest absolute Gasteiger partial charge is 0.149 e. The Morgan fingerprint density at radius 3 is 2.69 bits per heavy atom. The van der Waals surface area contributed by atoms with Crippen molar-refractivity contribution in [2.24, 2.45) is 5.92 Å². The summed E-state index contributed by atoms with van der Waals surface area (Å²) in [4.78, 5) is 13.8. The molecule has 1 rings (SSSR count). The van der Waals surface area contributed by atoms with Crippen LogP contribution in [0, 0.1) is 5.92 Å². The van der Waals surface area contributed by atoms with Crippen molar-refractivity contribution in [2.75, 3.05) is 13.6 Å². The summed E-state index contributed by atoms with van der Waals surface area (Å²) in [5, 5.41) is 0. The summed E-state index contributed by atoms with van der Waals surface area (Å²) >= 11 is 0. The maximum absolute atomic E-state index is 11.6. The van der Waals surface area contributed by atoms with Crippen molar-refractivity contribution < 1.29 is 4.79 Å². The van der Waals surface area contributed by atoms with E-state index in [0.717, 1.165) is 25.8 Å². The van der Waals surface area contributed by atoms with Crippen molar-refractivity contribution in [2.45, 2.75) is 45.6 Å². The Morgan fingerprint density at radius 1 is 1.46 bits per heavy atom. The summed E-state index contributed by atoms with van der Waals surface area (Å²) in [7, 11) is 2.08. The third-order valence-corrected chi connectivity index (χ3v) is 2.71. The number of Topliss-reactive ketones (excluding diaryl/α,β-unsaturated/α-hetero) is 1. The molecule has 0 spiro atoms. The average molecular weight is 183 g/mol. The van der Waals surface area contributed by atoms with Gasteiger partial charge in [-0.3, -0.25) is 9.69 Å². The van der Waals surface area contributed by atoms with E-state index in [-0.39, 0.29) is 6.04 Å². The Kier molecular flexibility index (Phi) is 3.91. The highest BCUT2D eigenvalue weighted by Gasteiger charge is 2.25. The average Bonchev–Trinajstić information content (AvgIpc) is 2.03. The molecule has 0 saturated heterocycles. The monoisotopic (exact) mass is 183 g/mol. The van der Waals surface area contributed by atoms with Gasteiger partial charge in [0.05, 0.1) is 6.04 Å². The van der Waals surface area contributed by atoms with E-state index in [0.29, 0.717) is 11.7 Å². The zero-order valence-electron chi connectivity index (χ0n) is 9.05. The van der Waals surface area contributed by atoms with E-state index < -0.39 is 0 Å². The molecule has 13 heavy (non-hydrogen) atoms. The van der Waals surface area contributed by atoms with E-state index in [4.69, 9.17) is 0 Å². The molecule has 76 valence electrons. The highest BCUT2D eigenvalue weighted by atomic mass is 16.1. The second kappa shape index (κ2) is 4.75. The normalized spacial score (nSPS) is 24.4. The van der Waals surface area contributed by atoms with Crippen LogP contribution in [-0.2, 0) is 4.79 Å². The Balaban J connectivity index is 2.43. The molecule has 0 amide bonds. The van der Waals surface area contributed by atoms with Crippen molar-refractivity contribution in [1.82, 2.24) is 4.90 Å². The van der Waals surface area contributed by atoms with Gasteiger partial charge in [-0.05, 0) is 25.8 Å². The number of hydrogen-bond acceptors (Lipinski definition) is 2. The lowest BCUT2D eigenvalue weighted by molar-refractivity contribution is -0.125. The fourth-order valence-corrected chi connectivity index (χ4v) is 2.13. The predicted octanol–water partition coefficient (Wildman–Crippen LogP) is 2.09. The molecule has 0 bridgehead atoms. The highest BCUT2D eigenvalue weighted by Crippen LogP contribution is 2.19. The molecule has 1 aliphatic carbocycles. The van der Waals surface area contributed by atoms with Crippen LogP contribution in [-0.4, -0.2) is 30.3 Å². The standard InChI is InChI=1S/C11H21NO/c1-9(2)8-12(3)10-6-4-5-7-11(10)13/h9-10H,4-8H2,1-3H3. The number of ketones is 1. The van der Waals surface area contributed by atoms with E-state index in [1.165, 1.54) is 6.42 Å². The van der Waals surface area contributed by atoms with Crippen LogP contribution in [0.25, 0.3) is 0 Å². The van der Waals surface area contributed by atoms with Crippen molar-refractivity contribution in [3.05, 3.63) is 0 Å². The predicted molar refractivity (Wildman–Crippen MR) is 54.7 cm³/mol. The number of carbonyl (C=O) groups excluding carboxylic acids is 1. The molecule has 2 nitrogen and oxygen atoms in total. The van der Waals surface area contributed by atoms with Gasteiger partial charge in [-0.2, -0.15) is 0 Å². The van der Waals surface area contributed by atoms with Gasteiger partial charge in [-0.15, -0.1) is 0 Å². The number of carbonyl (C=O) groups is 1. The Labute approximate surface area is 81.3 Å². The van der Waals surface area contributed by atoms with Gasteiger partial charge < -0.3 is 0 Å². The maximum atomic E-state index is 11.6. The molecule has 0 radical (unpaired) electrons. The first-order valence-electron chi connectivity index (χ1n) is 5.34. The van der Waals surface area contributed by atoms with E-state index in [1.54, 1.807) is 0 Å². The minimum absolute atomic E-state index is 0.219. The zero-order valence-corrected chi connectivity index (χ0v) is 9.05. The van der Waals surface area contributed by atoms with Gasteiger partial charge in [-0.25, -0.2) is 0 Å². The minimum Gasteiger partial charge on any atom is -0.298 e. The van der Waals surface area contributed by atoms with Crippen LogP contribution < -0.4 is 0 Å². The number of likely N-dealkylation sites (N-methyl/N-ethyl adjacent to an activating group) is 1. The summed E-state index contributed by atoms with van der Waals surface area (Å²) in [6, 6.07) is 0.219. The molecule has 1 atom stereocenters. The van der Waals surface area contributed by atoms with E-state index in [1.807, 2.05) is 0 Å². The quantitative estimate of drug-likeness (QED) is 0.667. The molecule has 0 heterocycles. The Hall–Kier alpha value is -0.370. The summed E-state index contributed by atoms with van der Waals surface area (Å²) in [6.45, 7) is 5.43. The SMILES string of the molecule is CC(C)CN(C)C1CCCCC1=O. The van der Waals surface area contributed by atoms with E-state index >= 15 is 0 Å². The van der Waals surface area contributed by atoms with Gasteiger partial charge in [0, 0.05) is 13.0 Å². The molecule has 0 aromatic rings. The second-order valence-electron chi connectivity index (χ2n) is 4.56. The second-order valence-corrected chi connectivity index (χ2v) is 4.56. The molecule has 1 aliphatic rings. The molecule has 0 aromatic carbocycles. The topological polar surface area (TPSA) is 20.3 Å². The summed E-state index contributed by atoms with van der Waals surface area (Å²) < 4.78 is 0. The van der Waals surface area contributed by atoms with Gasteiger partial charge in [-0.1, -0.05) is 20.3 Å². The first kappa shape index (κ1) is 10.7. The highest BCUT2D eigenvalue weighted by molar-refractivity contribution is 5.84. The number of nitrogens with zero attached hydrogens (tertiary/aromatic N) is 1. The van der Waals surface area contributed by atoms with E-state index in [2.05, 4.69) is 25.8 Å². The molecule has 1 fully saturated rings. The third-order valence-electron chi connectivity index (χ3n) is 2.71. The van der Waals surface area contributed by atoms with Gasteiger partial charge in [0.25, 0.3) is 0 Å². The van der Waals surface area contributed by atoms with Gasteiger partial charge in [0.2, 0.25) is 0 Å². The Bertz CT molecular complexity index is 177. The van der Waals surface area contributed by atoms with Crippen molar-refractivity contribution in [3.63, 3.8) is 0 Å². The van der Waals surface area contributed by atoms with Crippen molar-refractivity contribution in [1.29, 1.82) is 0 Å². The largest absolute Gasteiger partial charge is 0.298 e. The lowest BCUT2D eigenvalue weighted by atomic mass is 9.93. The van der Waals surface area contributed by atoms with Crippen LogP contribution in [0.15, 0.2) is 0 Å². The molecular weight excluding hydrogens is 162 g/mol. The van der Waals surface area contributed by atoms with Gasteiger partial charge >= 0.3 is 0 Å². The molecule has 1 unspecified atom stereocenters. The number of hydrogen-bond donors (Lipinski definition) is 0.